The molecule has 2 aliphatic heterocycles. The largest absolute Gasteiger partial charge is 0.459 e. The lowest BCUT2D eigenvalue weighted by molar-refractivity contribution is -0.170. The Morgan fingerprint density at radius 3 is 2.53 bits per heavy atom. The first-order valence-corrected chi connectivity index (χ1v) is 13.0. The van der Waals surface area contributed by atoms with Crippen LogP contribution in [0.2, 0.25) is 0 Å². The van der Waals surface area contributed by atoms with Crippen LogP contribution >= 0.6 is 0 Å². The van der Waals surface area contributed by atoms with E-state index < -0.39 is 42.4 Å². The molecule has 0 aliphatic carbocycles. The van der Waals surface area contributed by atoms with E-state index in [-0.39, 0.29) is 12.0 Å². The average Bonchev–Trinajstić information content (AvgIpc) is 3.30. The first-order chi connectivity index (χ1) is 17.1. The summed E-state index contributed by atoms with van der Waals surface area (Å²) in [6.45, 7) is 13.7. The summed E-state index contributed by atoms with van der Waals surface area (Å²) < 4.78 is 12.0. The smallest absolute Gasteiger partial charge is 0.312 e. The molecule has 200 valence electrons. The van der Waals surface area contributed by atoms with Crippen molar-refractivity contribution in [2.24, 2.45) is 11.8 Å². The van der Waals surface area contributed by atoms with Gasteiger partial charge in [-0.25, -0.2) is 0 Å². The molecule has 36 heavy (non-hydrogen) atoms. The van der Waals surface area contributed by atoms with E-state index in [1.165, 1.54) is 6.08 Å². The van der Waals surface area contributed by atoms with Crippen LogP contribution in [0.5, 0.6) is 0 Å². The standard InChI is InChI=1S/C30H44O6/c1-20(2)11-10-12-21(3)19-23(5)29-28(33)27-18-17-24(35-27)14-7-9-16-26(32)25(31)15-8-6-13-22(4)30(34)36-29/h6,8-10,12-13,15-16,22-29,31-33H,1,3,7,11,14,17-19H2,2,4-5H3/b12-10+,13-6+,15-8+,16-9+/t22-,23-,24-,25+,26+,27-,28+,29+/m0/s1. The van der Waals surface area contributed by atoms with Crippen molar-refractivity contribution in [2.75, 3.05) is 0 Å². The summed E-state index contributed by atoms with van der Waals surface area (Å²) in [7, 11) is 0. The number of ether oxygens (including phenoxy) is 2. The topological polar surface area (TPSA) is 96.2 Å². The van der Waals surface area contributed by atoms with E-state index in [1.807, 2.05) is 32.1 Å². The highest BCUT2D eigenvalue weighted by Crippen LogP contribution is 2.31. The van der Waals surface area contributed by atoms with Gasteiger partial charge in [0.15, 0.2) is 0 Å². The predicted molar refractivity (Wildman–Crippen MR) is 143 cm³/mol. The van der Waals surface area contributed by atoms with Crippen molar-refractivity contribution in [1.82, 2.24) is 0 Å². The van der Waals surface area contributed by atoms with E-state index in [1.54, 1.807) is 31.2 Å². The van der Waals surface area contributed by atoms with Crippen LogP contribution in [0.3, 0.4) is 0 Å². The summed E-state index contributed by atoms with van der Waals surface area (Å²) in [5.41, 5.74) is 1.95. The second-order valence-corrected chi connectivity index (χ2v) is 10.2. The number of carbonyl (C=O) groups excluding carboxylic acids is 1. The summed E-state index contributed by atoms with van der Waals surface area (Å²) in [5.74, 6) is -1.18. The lowest BCUT2D eigenvalue weighted by Gasteiger charge is -2.32. The van der Waals surface area contributed by atoms with Crippen LogP contribution in [0.15, 0.2) is 72.9 Å². The van der Waals surface area contributed by atoms with Crippen molar-refractivity contribution in [2.45, 2.75) is 95.9 Å². The quantitative estimate of drug-likeness (QED) is 0.277. The number of esters is 1. The Morgan fingerprint density at radius 2 is 1.81 bits per heavy atom. The molecule has 2 rings (SSSR count). The Kier molecular flexibility index (Phi) is 12.6. The molecule has 0 unspecified atom stereocenters. The number of allylic oxidation sites excluding steroid dienone is 7. The zero-order valence-electron chi connectivity index (χ0n) is 22.0. The van der Waals surface area contributed by atoms with Crippen LogP contribution in [-0.2, 0) is 14.3 Å². The minimum Gasteiger partial charge on any atom is -0.459 e. The van der Waals surface area contributed by atoms with Gasteiger partial charge in [0.1, 0.15) is 24.4 Å². The normalized spacial score (nSPS) is 35.8. The number of hydrogen-bond acceptors (Lipinski definition) is 6. The Balaban J connectivity index is 2.21. The predicted octanol–water partition coefficient (Wildman–Crippen LogP) is 4.73. The van der Waals surface area contributed by atoms with Crippen LogP contribution in [0.25, 0.3) is 0 Å². The number of rotatable bonds is 6. The van der Waals surface area contributed by atoms with E-state index in [9.17, 15) is 20.1 Å². The summed E-state index contributed by atoms with van der Waals surface area (Å²) in [4.78, 5) is 12.9. The number of carbonyl (C=O) groups is 1. The Morgan fingerprint density at radius 1 is 1.11 bits per heavy atom. The van der Waals surface area contributed by atoms with E-state index in [0.717, 1.165) is 30.4 Å². The molecular weight excluding hydrogens is 456 g/mol. The molecule has 2 bridgehead atoms. The number of aliphatic hydroxyl groups excluding tert-OH is 3. The maximum Gasteiger partial charge on any atom is 0.312 e. The third kappa shape index (κ3) is 10.0. The molecular formula is C30H44O6. The summed E-state index contributed by atoms with van der Waals surface area (Å²) >= 11 is 0. The van der Waals surface area contributed by atoms with E-state index in [4.69, 9.17) is 9.47 Å². The van der Waals surface area contributed by atoms with Crippen LogP contribution in [0, 0.1) is 11.8 Å². The van der Waals surface area contributed by atoms with Crippen molar-refractivity contribution < 1.29 is 29.6 Å². The van der Waals surface area contributed by atoms with Crippen molar-refractivity contribution in [3.05, 3.63) is 72.9 Å². The van der Waals surface area contributed by atoms with Gasteiger partial charge in [-0.05, 0) is 58.3 Å². The van der Waals surface area contributed by atoms with Gasteiger partial charge < -0.3 is 24.8 Å². The number of hydrogen-bond donors (Lipinski definition) is 3. The van der Waals surface area contributed by atoms with Crippen LogP contribution in [0.1, 0.15) is 59.3 Å². The fourth-order valence-electron chi connectivity index (χ4n) is 4.43. The second kappa shape index (κ2) is 15.1. The monoisotopic (exact) mass is 500 g/mol. The number of aliphatic hydroxyl groups is 3. The molecule has 0 aromatic heterocycles. The molecule has 6 nitrogen and oxygen atoms in total. The van der Waals surface area contributed by atoms with Gasteiger partial charge in [-0.15, -0.1) is 0 Å². The SMILES string of the molecule is C=C(C)C/C=C/C(=C)C[C@H](C)[C@H]1OC(=O)[C@@H](C)/C=C/C=C/[C@@H](O)[C@H](O)/C=C/CC[C@H]2CC[C@H](O2)[C@H]1O. The average molecular weight is 501 g/mol. The Labute approximate surface area is 216 Å². The van der Waals surface area contributed by atoms with E-state index >= 15 is 0 Å². The number of fused-ring (bicyclic) bond motifs is 2. The highest BCUT2D eigenvalue weighted by atomic mass is 16.6. The van der Waals surface area contributed by atoms with Gasteiger partial charge in [0, 0.05) is 0 Å². The van der Waals surface area contributed by atoms with E-state index in [0.29, 0.717) is 19.3 Å². The third-order valence-corrected chi connectivity index (χ3v) is 6.60. The molecule has 0 spiro atoms. The van der Waals surface area contributed by atoms with Crippen molar-refractivity contribution in [3.63, 3.8) is 0 Å². The Bertz CT molecular complexity index is 854. The maximum absolute atomic E-state index is 12.9. The maximum atomic E-state index is 12.9. The molecule has 0 amide bonds. The van der Waals surface area contributed by atoms with Gasteiger partial charge in [-0.2, -0.15) is 0 Å². The van der Waals surface area contributed by atoms with Crippen LogP contribution in [0.4, 0.5) is 0 Å². The van der Waals surface area contributed by atoms with Crippen molar-refractivity contribution in [3.8, 4) is 0 Å². The minimum absolute atomic E-state index is 0.0244. The molecule has 0 radical (unpaired) electrons. The first kappa shape index (κ1) is 30.0. The fraction of sp³-hybridized carbons (Fsp3) is 0.567. The second-order valence-electron chi connectivity index (χ2n) is 10.2. The first-order valence-electron chi connectivity index (χ1n) is 13.0. The van der Waals surface area contributed by atoms with E-state index in [2.05, 4.69) is 13.2 Å². The zero-order valence-corrected chi connectivity index (χ0v) is 22.0. The fourth-order valence-corrected chi connectivity index (χ4v) is 4.43. The lowest BCUT2D eigenvalue weighted by atomic mass is 9.89. The molecule has 2 heterocycles. The van der Waals surface area contributed by atoms with Crippen LogP contribution < -0.4 is 0 Å². The molecule has 3 N–H and O–H groups in total. The molecule has 6 heteroatoms. The summed E-state index contributed by atoms with van der Waals surface area (Å²) in [6.07, 6.45) is 13.8. The molecule has 0 saturated carbocycles. The minimum atomic E-state index is -1.04. The molecule has 0 aromatic carbocycles. The molecule has 8 atom stereocenters. The van der Waals surface area contributed by atoms with Gasteiger partial charge in [-0.1, -0.05) is 79.8 Å². The zero-order chi connectivity index (χ0) is 26.7. The van der Waals surface area contributed by atoms with Gasteiger partial charge in [-0.3, -0.25) is 4.79 Å². The highest BCUT2D eigenvalue weighted by Gasteiger charge is 2.39. The van der Waals surface area contributed by atoms with Gasteiger partial charge in [0.25, 0.3) is 0 Å². The lowest BCUT2D eigenvalue weighted by Crippen LogP contribution is -2.44. The summed E-state index contributed by atoms with van der Waals surface area (Å²) in [5, 5.41) is 31.5. The Hall–Kier alpha value is -2.25. The molecule has 2 aliphatic rings. The number of cyclic esters (lactones) is 1. The van der Waals surface area contributed by atoms with Gasteiger partial charge in [0.05, 0.1) is 18.1 Å². The van der Waals surface area contributed by atoms with Gasteiger partial charge in [0.2, 0.25) is 0 Å². The van der Waals surface area contributed by atoms with Crippen molar-refractivity contribution >= 4 is 5.97 Å². The summed E-state index contributed by atoms with van der Waals surface area (Å²) in [6, 6.07) is 0. The molecule has 0 aromatic rings. The molecule has 1 saturated heterocycles. The highest BCUT2D eigenvalue weighted by molar-refractivity contribution is 5.74. The molecule has 1 fully saturated rings. The van der Waals surface area contributed by atoms with Gasteiger partial charge >= 0.3 is 5.97 Å². The van der Waals surface area contributed by atoms with Crippen molar-refractivity contribution in [1.29, 1.82) is 0 Å². The third-order valence-electron chi connectivity index (χ3n) is 6.60. The van der Waals surface area contributed by atoms with Crippen LogP contribution in [-0.4, -0.2) is 57.9 Å².